The van der Waals surface area contributed by atoms with Crippen LogP contribution >= 0.6 is 0 Å². The fourth-order valence-corrected chi connectivity index (χ4v) is 2.74. The summed E-state index contributed by atoms with van der Waals surface area (Å²) in [6, 6.07) is 14.3. The first kappa shape index (κ1) is 17.4. The summed E-state index contributed by atoms with van der Waals surface area (Å²) in [6.45, 7) is 4.54. The number of nitrogens with one attached hydrogen (secondary N) is 1. The van der Waals surface area contributed by atoms with Crippen LogP contribution < -0.4 is 5.43 Å². The van der Waals surface area contributed by atoms with Crippen molar-refractivity contribution in [2.24, 2.45) is 5.10 Å². The van der Waals surface area contributed by atoms with Crippen molar-refractivity contribution < 1.29 is 0 Å². The van der Waals surface area contributed by atoms with Gasteiger partial charge >= 0.3 is 0 Å². The van der Waals surface area contributed by atoms with Crippen molar-refractivity contribution in [2.75, 3.05) is 5.43 Å². The van der Waals surface area contributed by atoms with Gasteiger partial charge in [-0.1, -0.05) is 30.3 Å². The Hall–Kier alpha value is -3.46. The number of aromatic nitrogens is 2. The SMILES string of the molecule is Cc1cc(C)nc(N/N=C\C2=CN(Cc3ccccc3)C=C(C#N)C2)n1. The third-order valence-electron chi connectivity index (χ3n) is 3.78. The zero-order chi connectivity index (χ0) is 18.4. The summed E-state index contributed by atoms with van der Waals surface area (Å²) < 4.78 is 0. The fraction of sp³-hybridized carbons (Fsp3) is 0.200. The van der Waals surface area contributed by atoms with Gasteiger partial charge in [-0.05, 0) is 31.1 Å². The normalized spacial score (nSPS) is 14.0. The van der Waals surface area contributed by atoms with Gasteiger partial charge in [0.15, 0.2) is 0 Å². The van der Waals surface area contributed by atoms with Gasteiger partial charge in [0.25, 0.3) is 0 Å². The van der Waals surface area contributed by atoms with E-state index >= 15 is 0 Å². The molecule has 0 aliphatic carbocycles. The molecule has 1 aliphatic heterocycles. The number of nitrogens with zero attached hydrogens (tertiary/aromatic N) is 5. The summed E-state index contributed by atoms with van der Waals surface area (Å²) in [5, 5.41) is 13.5. The van der Waals surface area contributed by atoms with Gasteiger partial charge in [-0.15, -0.1) is 0 Å². The lowest BCUT2D eigenvalue weighted by molar-refractivity contribution is 0.487. The van der Waals surface area contributed by atoms with Gasteiger partial charge in [0.2, 0.25) is 5.95 Å². The van der Waals surface area contributed by atoms with E-state index in [-0.39, 0.29) is 0 Å². The molecule has 6 heteroatoms. The summed E-state index contributed by atoms with van der Waals surface area (Å²) in [4.78, 5) is 10.6. The maximum absolute atomic E-state index is 9.30. The second kappa shape index (κ2) is 8.08. The number of rotatable bonds is 5. The Morgan fingerprint density at radius 2 is 1.92 bits per heavy atom. The summed E-state index contributed by atoms with van der Waals surface area (Å²) in [5.74, 6) is 0.465. The van der Waals surface area contributed by atoms with Crippen LogP contribution in [0.4, 0.5) is 5.95 Å². The van der Waals surface area contributed by atoms with E-state index in [1.165, 1.54) is 5.56 Å². The molecule has 0 saturated heterocycles. The van der Waals surface area contributed by atoms with Crippen LogP contribution in [0.2, 0.25) is 0 Å². The van der Waals surface area contributed by atoms with E-state index < -0.39 is 0 Å². The number of aryl methyl sites for hydroxylation is 2. The van der Waals surface area contributed by atoms with Crippen molar-refractivity contribution in [1.29, 1.82) is 5.26 Å². The molecule has 6 nitrogen and oxygen atoms in total. The molecule has 2 aromatic rings. The number of nitriles is 1. The number of hydrogen-bond donors (Lipinski definition) is 1. The third-order valence-corrected chi connectivity index (χ3v) is 3.78. The smallest absolute Gasteiger partial charge is 0.243 e. The lowest BCUT2D eigenvalue weighted by atomic mass is 10.1. The minimum absolute atomic E-state index is 0.465. The first-order valence-electron chi connectivity index (χ1n) is 8.35. The molecule has 0 spiro atoms. The Morgan fingerprint density at radius 3 is 2.62 bits per heavy atom. The van der Waals surface area contributed by atoms with E-state index in [0.717, 1.165) is 17.0 Å². The van der Waals surface area contributed by atoms with Crippen molar-refractivity contribution in [3.05, 3.63) is 76.9 Å². The molecule has 0 radical (unpaired) electrons. The summed E-state index contributed by atoms with van der Waals surface area (Å²) in [7, 11) is 0. The Morgan fingerprint density at radius 1 is 1.19 bits per heavy atom. The molecule has 0 fully saturated rings. The van der Waals surface area contributed by atoms with Gasteiger partial charge in [0, 0.05) is 36.8 Å². The highest BCUT2D eigenvalue weighted by Crippen LogP contribution is 2.19. The third kappa shape index (κ3) is 4.77. The summed E-state index contributed by atoms with van der Waals surface area (Å²) in [5.41, 5.74) is 7.45. The zero-order valence-corrected chi connectivity index (χ0v) is 14.8. The molecule has 0 atom stereocenters. The van der Waals surface area contributed by atoms with Gasteiger partial charge < -0.3 is 4.90 Å². The average Bonchev–Trinajstić information content (AvgIpc) is 2.61. The quantitative estimate of drug-likeness (QED) is 0.661. The number of anilines is 1. The standard InChI is InChI=1S/C20H20N6/c1-15-8-16(2)24-20(23-15)25-22-11-19-9-18(10-21)13-26(14-19)12-17-6-4-3-5-7-17/h3-8,11,13-14H,9,12H2,1-2H3,(H,23,24,25)/b22-11-. The first-order valence-corrected chi connectivity index (χ1v) is 8.35. The van der Waals surface area contributed by atoms with Crippen molar-refractivity contribution in [3.8, 4) is 6.07 Å². The van der Waals surface area contributed by atoms with E-state index in [2.05, 4.69) is 38.7 Å². The maximum Gasteiger partial charge on any atom is 0.243 e. The molecule has 1 aromatic heterocycles. The second-order valence-electron chi connectivity index (χ2n) is 6.15. The van der Waals surface area contributed by atoms with Crippen LogP contribution in [-0.4, -0.2) is 21.1 Å². The van der Waals surface area contributed by atoms with Gasteiger partial charge in [0.05, 0.1) is 17.9 Å². The molecule has 26 heavy (non-hydrogen) atoms. The van der Waals surface area contributed by atoms with E-state index in [9.17, 15) is 5.26 Å². The molecule has 0 amide bonds. The topological polar surface area (TPSA) is 77.2 Å². The van der Waals surface area contributed by atoms with Crippen LogP contribution in [0.15, 0.2) is 65.0 Å². The van der Waals surface area contributed by atoms with E-state index in [1.807, 2.05) is 55.4 Å². The summed E-state index contributed by atoms with van der Waals surface area (Å²) in [6.07, 6.45) is 6.15. The van der Waals surface area contributed by atoms with E-state index in [1.54, 1.807) is 6.21 Å². The van der Waals surface area contributed by atoms with E-state index in [0.29, 0.717) is 24.5 Å². The highest BCUT2D eigenvalue weighted by molar-refractivity contribution is 5.80. The van der Waals surface area contributed by atoms with Crippen molar-refractivity contribution in [2.45, 2.75) is 26.8 Å². The summed E-state index contributed by atoms with van der Waals surface area (Å²) >= 11 is 0. The molecule has 3 rings (SSSR count). The molecule has 0 bridgehead atoms. The second-order valence-corrected chi connectivity index (χ2v) is 6.15. The maximum atomic E-state index is 9.30. The highest BCUT2D eigenvalue weighted by atomic mass is 15.3. The number of hydrazone groups is 1. The Kier molecular flexibility index (Phi) is 5.40. The van der Waals surface area contributed by atoms with Crippen LogP contribution in [0, 0.1) is 25.2 Å². The average molecular weight is 344 g/mol. The van der Waals surface area contributed by atoms with Crippen LogP contribution in [0.25, 0.3) is 0 Å². The molecular formula is C20H20N6. The predicted molar refractivity (Wildman–Crippen MR) is 102 cm³/mol. The predicted octanol–water partition coefficient (Wildman–Crippen LogP) is 3.69. The van der Waals surface area contributed by atoms with Crippen LogP contribution in [0.3, 0.4) is 0 Å². The van der Waals surface area contributed by atoms with Gasteiger partial charge in [-0.3, -0.25) is 0 Å². The molecule has 1 aromatic carbocycles. The minimum Gasteiger partial charge on any atom is -0.349 e. The fourth-order valence-electron chi connectivity index (χ4n) is 2.74. The van der Waals surface area contributed by atoms with Crippen molar-refractivity contribution in [1.82, 2.24) is 14.9 Å². The zero-order valence-electron chi connectivity index (χ0n) is 14.8. The molecular weight excluding hydrogens is 324 g/mol. The molecule has 1 aliphatic rings. The molecule has 0 unspecified atom stereocenters. The van der Waals surface area contributed by atoms with Crippen LogP contribution in [-0.2, 0) is 6.54 Å². The number of benzene rings is 1. The monoisotopic (exact) mass is 344 g/mol. The highest BCUT2D eigenvalue weighted by Gasteiger charge is 2.11. The van der Waals surface area contributed by atoms with Gasteiger partial charge in [0.1, 0.15) is 0 Å². The first-order chi connectivity index (χ1) is 12.6. The number of allylic oxidation sites excluding steroid dienone is 2. The molecule has 0 saturated carbocycles. The Bertz CT molecular complexity index is 885. The lowest BCUT2D eigenvalue weighted by Gasteiger charge is -2.21. The molecule has 2 heterocycles. The van der Waals surface area contributed by atoms with Crippen molar-refractivity contribution in [3.63, 3.8) is 0 Å². The minimum atomic E-state index is 0.465. The lowest BCUT2D eigenvalue weighted by Crippen LogP contribution is -2.15. The Balaban J connectivity index is 1.70. The van der Waals surface area contributed by atoms with Gasteiger partial charge in [-0.25, -0.2) is 15.4 Å². The Labute approximate surface area is 153 Å². The number of hydrogen-bond acceptors (Lipinski definition) is 6. The van der Waals surface area contributed by atoms with Crippen LogP contribution in [0.5, 0.6) is 0 Å². The van der Waals surface area contributed by atoms with Crippen LogP contribution in [0.1, 0.15) is 23.4 Å². The van der Waals surface area contributed by atoms with Gasteiger partial charge in [-0.2, -0.15) is 10.4 Å². The molecule has 1 N–H and O–H groups in total. The molecule has 130 valence electrons. The van der Waals surface area contributed by atoms with Crippen molar-refractivity contribution >= 4 is 12.2 Å². The van der Waals surface area contributed by atoms with E-state index in [4.69, 9.17) is 0 Å². The largest absolute Gasteiger partial charge is 0.349 e.